The van der Waals surface area contributed by atoms with E-state index in [9.17, 15) is 4.79 Å². The van der Waals surface area contributed by atoms with Crippen LogP contribution >= 0.6 is 11.8 Å². The van der Waals surface area contributed by atoms with Crippen LogP contribution in [0.5, 0.6) is 0 Å². The van der Waals surface area contributed by atoms with E-state index in [0.717, 1.165) is 31.4 Å². The Morgan fingerprint density at radius 1 is 1.54 bits per heavy atom. The molecule has 13 heavy (non-hydrogen) atoms. The fourth-order valence-electron chi connectivity index (χ4n) is 1.17. The number of thioether (sulfide) groups is 1. The van der Waals surface area contributed by atoms with Crippen molar-refractivity contribution in [3.8, 4) is 0 Å². The average molecular weight is 205 g/mol. The van der Waals surface area contributed by atoms with E-state index in [1.54, 1.807) is 11.8 Å². The zero-order valence-corrected chi connectivity index (χ0v) is 9.19. The second-order valence-corrected chi connectivity index (χ2v) is 4.06. The molecule has 0 saturated carbocycles. The van der Waals surface area contributed by atoms with Crippen LogP contribution in [-0.4, -0.2) is 29.3 Å². The SMILES string of the molecule is CCCCC(CCSC)NC(=O)O. The molecule has 0 aromatic rings. The van der Waals surface area contributed by atoms with Crippen molar-refractivity contribution in [3.63, 3.8) is 0 Å². The highest BCUT2D eigenvalue weighted by atomic mass is 32.2. The molecule has 0 aliphatic heterocycles. The molecule has 4 heteroatoms. The van der Waals surface area contributed by atoms with Crippen molar-refractivity contribution in [2.24, 2.45) is 0 Å². The fourth-order valence-corrected chi connectivity index (χ4v) is 1.69. The zero-order valence-electron chi connectivity index (χ0n) is 8.38. The molecule has 0 aliphatic rings. The van der Waals surface area contributed by atoms with Gasteiger partial charge in [0.25, 0.3) is 0 Å². The van der Waals surface area contributed by atoms with Gasteiger partial charge in [0.15, 0.2) is 0 Å². The minimum Gasteiger partial charge on any atom is -0.465 e. The number of hydrogen-bond acceptors (Lipinski definition) is 2. The van der Waals surface area contributed by atoms with Gasteiger partial charge in [-0.15, -0.1) is 0 Å². The summed E-state index contributed by atoms with van der Waals surface area (Å²) in [6, 6.07) is 0.143. The first kappa shape index (κ1) is 12.6. The summed E-state index contributed by atoms with van der Waals surface area (Å²) in [7, 11) is 0. The Bertz CT molecular complexity index is 134. The molecule has 0 saturated heterocycles. The lowest BCUT2D eigenvalue weighted by Gasteiger charge is -2.15. The maximum atomic E-state index is 10.4. The molecule has 0 spiro atoms. The number of hydrogen-bond donors (Lipinski definition) is 2. The van der Waals surface area contributed by atoms with Gasteiger partial charge < -0.3 is 10.4 Å². The van der Waals surface area contributed by atoms with Crippen LogP contribution in [0.15, 0.2) is 0 Å². The molecule has 2 N–H and O–H groups in total. The van der Waals surface area contributed by atoms with Crippen molar-refractivity contribution >= 4 is 17.9 Å². The van der Waals surface area contributed by atoms with E-state index in [1.165, 1.54) is 0 Å². The average Bonchev–Trinajstić information content (AvgIpc) is 2.09. The molecule has 3 nitrogen and oxygen atoms in total. The summed E-state index contributed by atoms with van der Waals surface area (Å²) in [5.74, 6) is 1.02. The maximum Gasteiger partial charge on any atom is 0.404 e. The highest BCUT2D eigenvalue weighted by Crippen LogP contribution is 2.07. The minimum atomic E-state index is -0.901. The van der Waals surface area contributed by atoms with Gasteiger partial charge in [-0.1, -0.05) is 19.8 Å². The van der Waals surface area contributed by atoms with Crippen LogP contribution in [0.3, 0.4) is 0 Å². The summed E-state index contributed by atoms with van der Waals surface area (Å²) in [5, 5.41) is 11.1. The number of rotatable bonds is 7. The van der Waals surface area contributed by atoms with Crippen LogP contribution in [-0.2, 0) is 0 Å². The lowest BCUT2D eigenvalue weighted by molar-refractivity contribution is 0.188. The molecule has 1 atom stereocenters. The van der Waals surface area contributed by atoms with Crippen LogP contribution in [0.4, 0.5) is 4.79 Å². The highest BCUT2D eigenvalue weighted by molar-refractivity contribution is 7.98. The third-order valence-corrected chi connectivity index (χ3v) is 2.55. The topological polar surface area (TPSA) is 49.3 Å². The van der Waals surface area contributed by atoms with Crippen LogP contribution in [0, 0.1) is 0 Å². The van der Waals surface area contributed by atoms with E-state index in [1.807, 2.05) is 6.26 Å². The van der Waals surface area contributed by atoms with Crippen LogP contribution in [0.2, 0.25) is 0 Å². The smallest absolute Gasteiger partial charge is 0.404 e. The normalized spacial score (nSPS) is 12.5. The van der Waals surface area contributed by atoms with Gasteiger partial charge in [-0.05, 0) is 24.9 Å². The van der Waals surface area contributed by atoms with E-state index in [0.29, 0.717) is 0 Å². The molecule has 0 aromatic carbocycles. The van der Waals surface area contributed by atoms with Crippen molar-refractivity contribution < 1.29 is 9.90 Å². The van der Waals surface area contributed by atoms with Crippen molar-refractivity contribution in [2.75, 3.05) is 12.0 Å². The van der Waals surface area contributed by atoms with Gasteiger partial charge >= 0.3 is 6.09 Å². The predicted octanol–water partition coefficient (Wildman–Crippen LogP) is 2.57. The van der Waals surface area contributed by atoms with Gasteiger partial charge in [-0.3, -0.25) is 0 Å². The van der Waals surface area contributed by atoms with Crippen LogP contribution in [0.25, 0.3) is 0 Å². The lowest BCUT2D eigenvalue weighted by Crippen LogP contribution is -2.34. The summed E-state index contributed by atoms with van der Waals surface area (Å²) < 4.78 is 0. The fraction of sp³-hybridized carbons (Fsp3) is 0.889. The van der Waals surface area contributed by atoms with Crippen LogP contribution in [0.1, 0.15) is 32.6 Å². The van der Waals surface area contributed by atoms with Gasteiger partial charge in [-0.25, -0.2) is 4.79 Å². The van der Waals surface area contributed by atoms with E-state index < -0.39 is 6.09 Å². The van der Waals surface area contributed by atoms with Crippen molar-refractivity contribution in [2.45, 2.75) is 38.6 Å². The predicted molar refractivity (Wildman–Crippen MR) is 57.5 cm³/mol. The first-order valence-corrected chi connectivity index (χ1v) is 6.08. The van der Waals surface area contributed by atoms with E-state index in [2.05, 4.69) is 12.2 Å². The second kappa shape index (κ2) is 8.23. The molecule has 0 fully saturated rings. The molecule has 0 heterocycles. The largest absolute Gasteiger partial charge is 0.465 e. The number of amides is 1. The Balaban J connectivity index is 3.66. The Hall–Kier alpha value is -0.380. The molecule has 0 radical (unpaired) electrons. The van der Waals surface area contributed by atoms with Crippen molar-refractivity contribution in [3.05, 3.63) is 0 Å². The van der Waals surface area contributed by atoms with Gasteiger partial charge in [0, 0.05) is 6.04 Å². The lowest BCUT2D eigenvalue weighted by atomic mass is 10.1. The molecule has 0 aliphatic carbocycles. The van der Waals surface area contributed by atoms with Gasteiger partial charge in [-0.2, -0.15) is 11.8 Å². The summed E-state index contributed by atoms with van der Waals surface area (Å²) in [5.41, 5.74) is 0. The van der Waals surface area contributed by atoms with Gasteiger partial charge in [0.1, 0.15) is 0 Å². The first-order chi connectivity index (χ1) is 6.20. The molecule has 1 amide bonds. The molecular weight excluding hydrogens is 186 g/mol. The summed E-state index contributed by atoms with van der Waals surface area (Å²) in [4.78, 5) is 10.4. The Labute approximate surface area is 84.3 Å². The zero-order chi connectivity index (χ0) is 10.1. The molecular formula is C9H19NO2S. The standard InChI is InChI=1S/C9H19NO2S/c1-3-4-5-8(6-7-13-2)10-9(11)12/h8,10H,3-7H2,1-2H3,(H,11,12). The number of unbranched alkanes of at least 4 members (excludes halogenated alkanes) is 1. The molecule has 0 bridgehead atoms. The number of carbonyl (C=O) groups is 1. The van der Waals surface area contributed by atoms with E-state index in [4.69, 9.17) is 5.11 Å². The second-order valence-electron chi connectivity index (χ2n) is 3.07. The number of nitrogens with one attached hydrogen (secondary N) is 1. The first-order valence-electron chi connectivity index (χ1n) is 4.69. The molecule has 0 rings (SSSR count). The third-order valence-electron chi connectivity index (χ3n) is 1.90. The third kappa shape index (κ3) is 7.96. The molecule has 1 unspecified atom stereocenters. The summed E-state index contributed by atoms with van der Waals surface area (Å²) in [6.07, 6.45) is 5.26. The monoisotopic (exact) mass is 205 g/mol. The molecule has 78 valence electrons. The van der Waals surface area contributed by atoms with Crippen molar-refractivity contribution in [1.29, 1.82) is 0 Å². The van der Waals surface area contributed by atoms with Crippen LogP contribution < -0.4 is 5.32 Å². The Morgan fingerprint density at radius 2 is 2.23 bits per heavy atom. The highest BCUT2D eigenvalue weighted by Gasteiger charge is 2.09. The van der Waals surface area contributed by atoms with E-state index in [-0.39, 0.29) is 6.04 Å². The molecule has 0 aromatic heterocycles. The summed E-state index contributed by atoms with van der Waals surface area (Å²) in [6.45, 7) is 2.12. The minimum absolute atomic E-state index is 0.143. The van der Waals surface area contributed by atoms with Gasteiger partial charge in [0.05, 0.1) is 0 Å². The Morgan fingerprint density at radius 3 is 2.69 bits per heavy atom. The van der Waals surface area contributed by atoms with Gasteiger partial charge in [0.2, 0.25) is 0 Å². The summed E-state index contributed by atoms with van der Waals surface area (Å²) >= 11 is 1.76. The quantitative estimate of drug-likeness (QED) is 0.671. The maximum absolute atomic E-state index is 10.4. The number of carboxylic acid groups (broad SMARTS) is 1. The van der Waals surface area contributed by atoms with E-state index >= 15 is 0 Å². The Kier molecular flexibility index (Phi) is 7.99. The van der Waals surface area contributed by atoms with Crippen molar-refractivity contribution in [1.82, 2.24) is 5.32 Å².